The van der Waals surface area contributed by atoms with E-state index in [9.17, 15) is 18.0 Å². The molecule has 146 valence electrons. The number of primary amides is 1. The third kappa shape index (κ3) is 4.75. The molecule has 2 aromatic carbocycles. The molecule has 2 N–H and O–H groups in total. The molecule has 8 heteroatoms. The van der Waals surface area contributed by atoms with Gasteiger partial charge in [0.05, 0.1) is 16.2 Å². The van der Waals surface area contributed by atoms with Crippen LogP contribution in [0.2, 0.25) is 0 Å². The number of benzene rings is 2. The second kappa shape index (κ2) is 9.15. The van der Waals surface area contributed by atoms with Crippen molar-refractivity contribution in [3.63, 3.8) is 0 Å². The van der Waals surface area contributed by atoms with E-state index >= 15 is 0 Å². The summed E-state index contributed by atoms with van der Waals surface area (Å²) in [5, 5.41) is 7.70. The molecule has 28 heavy (non-hydrogen) atoms. The summed E-state index contributed by atoms with van der Waals surface area (Å²) in [4.78, 5) is 26.2. The van der Waals surface area contributed by atoms with Gasteiger partial charge in [0.15, 0.2) is 9.84 Å². The molecule has 2 atom stereocenters. The van der Waals surface area contributed by atoms with Gasteiger partial charge in [-0.15, -0.1) is 0 Å². The fourth-order valence-corrected chi connectivity index (χ4v) is 4.43. The quantitative estimate of drug-likeness (QED) is 0.532. The largest absolute Gasteiger partial charge is 0.369 e. The first-order valence-corrected chi connectivity index (χ1v) is 10.1. The zero-order chi connectivity index (χ0) is 20.7. The maximum absolute atomic E-state index is 13.0. The van der Waals surface area contributed by atoms with Crippen LogP contribution < -0.4 is 5.73 Å². The molecular formula is C20H21N3O4S. The fraction of sp³-hybridized carbons (Fsp3) is 0.250. The molecule has 2 amide bonds. The summed E-state index contributed by atoms with van der Waals surface area (Å²) in [6, 6.07) is 18.3. The van der Waals surface area contributed by atoms with Gasteiger partial charge in [0.2, 0.25) is 11.8 Å². The molecule has 2 aromatic rings. The van der Waals surface area contributed by atoms with Crippen LogP contribution in [-0.2, 0) is 26.0 Å². The van der Waals surface area contributed by atoms with Crippen LogP contribution in [0.1, 0.15) is 12.5 Å². The summed E-state index contributed by atoms with van der Waals surface area (Å²) in [5.74, 6) is -3.44. The predicted molar refractivity (Wildman–Crippen MR) is 103 cm³/mol. The van der Waals surface area contributed by atoms with Crippen LogP contribution in [-0.4, -0.2) is 36.9 Å². The molecule has 0 saturated carbocycles. The summed E-state index contributed by atoms with van der Waals surface area (Å²) in [6.07, 6.45) is 0. The van der Waals surface area contributed by atoms with Crippen molar-refractivity contribution in [2.24, 2.45) is 11.7 Å². The van der Waals surface area contributed by atoms with Gasteiger partial charge in [0.25, 0.3) is 0 Å². The van der Waals surface area contributed by atoms with Crippen molar-refractivity contribution >= 4 is 21.7 Å². The maximum atomic E-state index is 13.0. The first kappa shape index (κ1) is 21.1. The molecule has 0 aliphatic heterocycles. The molecule has 0 radical (unpaired) electrons. The van der Waals surface area contributed by atoms with E-state index in [0.29, 0.717) is 0 Å². The van der Waals surface area contributed by atoms with Gasteiger partial charge in [-0.2, -0.15) is 5.26 Å². The Morgan fingerprint density at radius 2 is 1.61 bits per heavy atom. The Morgan fingerprint density at radius 3 is 2.11 bits per heavy atom. The van der Waals surface area contributed by atoms with Crippen LogP contribution in [0.4, 0.5) is 0 Å². The molecule has 0 aliphatic rings. The van der Waals surface area contributed by atoms with Crippen LogP contribution in [0, 0.1) is 17.2 Å². The van der Waals surface area contributed by atoms with Gasteiger partial charge in [-0.1, -0.05) is 48.5 Å². The molecule has 2 rings (SSSR count). The predicted octanol–water partition coefficient (Wildman–Crippen LogP) is 1.50. The van der Waals surface area contributed by atoms with Gasteiger partial charge in [-0.25, -0.2) is 8.42 Å². The van der Waals surface area contributed by atoms with Gasteiger partial charge in [0, 0.05) is 6.54 Å². The first-order valence-electron chi connectivity index (χ1n) is 8.57. The van der Waals surface area contributed by atoms with E-state index in [-0.39, 0.29) is 18.0 Å². The van der Waals surface area contributed by atoms with E-state index in [1.54, 1.807) is 48.5 Å². The SMILES string of the molecule is CC(C(C(N)=O)C(=O)N(CC#N)Cc1ccccc1)S(=O)(=O)c1ccccc1. The van der Waals surface area contributed by atoms with E-state index < -0.39 is 32.8 Å². The van der Waals surface area contributed by atoms with E-state index in [2.05, 4.69) is 0 Å². The minimum Gasteiger partial charge on any atom is -0.369 e. The Balaban J connectivity index is 2.36. The second-order valence-electron chi connectivity index (χ2n) is 6.28. The number of carbonyl (C=O) groups is 2. The number of nitriles is 1. The number of carbonyl (C=O) groups excluding carboxylic acids is 2. The molecule has 2 unspecified atom stereocenters. The van der Waals surface area contributed by atoms with E-state index in [0.717, 1.165) is 10.5 Å². The number of sulfone groups is 1. The summed E-state index contributed by atoms with van der Waals surface area (Å²) in [6.45, 7) is 1.05. The molecule has 0 saturated heterocycles. The van der Waals surface area contributed by atoms with Crippen LogP contribution >= 0.6 is 0 Å². The van der Waals surface area contributed by atoms with Crippen LogP contribution in [0.15, 0.2) is 65.6 Å². The zero-order valence-electron chi connectivity index (χ0n) is 15.4. The van der Waals surface area contributed by atoms with E-state index in [1.807, 2.05) is 6.07 Å². The van der Waals surface area contributed by atoms with Gasteiger partial charge in [-0.05, 0) is 24.6 Å². The number of nitrogens with zero attached hydrogens (tertiary/aromatic N) is 2. The minimum absolute atomic E-state index is 0.00329. The van der Waals surface area contributed by atoms with Gasteiger partial charge >= 0.3 is 0 Å². The Hall–Kier alpha value is -3.18. The highest BCUT2D eigenvalue weighted by Gasteiger charge is 2.41. The third-order valence-corrected chi connectivity index (χ3v) is 6.57. The molecular weight excluding hydrogens is 378 g/mol. The lowest BCUT2D eigenvalue weighted by molar-refractivity contribution is -0.141. The van der Waals surface area contributed by atoms with Crippen molar-refractivity contribution < 1.29 is 18.0 Å². The Kier molecular flexibility index (Phi) is 6.90. The van der Waals surface area contributed by atoms with Crippen molar-refractivity contribution in [3.05, 3.63) is 66.2 Å². The topological polar surface area (TPSA) is 121 Å². The standard InChI is InChI=1S/C20H21N3O4S/c1-15(28(26,27)17-10-6-3-7-11-17)18(19(22)24)20(25)23(13-12-21)14-16-8-4-2-5-9-16/h2-11,15,18H,13-14H2,1H3,(H2,22,24). The summed E-state index contributed by atoms with van der Waals surface area (Å²) < 4.78 is 25.8. The van der Waals surface area contributed by atoms with Gasteiger partial charge in [-0.3, -0.25) is 9.59 Å². The van der Waals surface area contributed by atoms with Crippen molar-refractivity contribution in [2.45, 2.75) is 23.6 Å². The number of nitrogens with two attached hydrogens (primary N) is 1. The lowest BCUT2D eigenvalue weighted by Gasteiger charge is -2.27. The van der Waals surface area contributed by atoms with Crippen molar-refractivity contribution in [2.75, 3.05) is 6.54 Å². The number of amides is 2. The zero-order valence-corrected chi connectivity index (χ0v) is 16.2. The molecule has 0 spiro atoms. The van der Waals surface area contributed by atoms with E-state index in [1.165, 1.54) is 19.1 Å². The Labute approximate surface area is 164 Å². The minimum atomic E-state index is -3.98. The average Bonchev–Trinajstić information content (AvgIpc) is 2.68. The monoisotopic (exact) mass is 399 g/mol. The molecule has 0 aliphatic carbocycles. The number of hydrogen-bond acceptors (Lipinski definition) is 5. The molecule has 0 bridgehead atoms. The fourth-order valence-electron chi connectivity index (χ4n) is 2.86. The van der Waals surface area contributed by atoms with Crippen LogP contribution in [0.25, 0.3) is 0 Å². The maximum Gasteiger partial charge on any atom is 0.237 e. The highest BCUT2D eigenvalue weighted by Crippen LogP contribution is 2.23. The number of hydrogen-bond donors (Lipinski definition) is 1. The smallest absolute Gasteiger partial charge is 0.237 e. The summed E-state index contributed by atoms with van der Waals surface area (Å²) >= 11 is 0. The highest BCUT2D eigenvalue weighted by molar-refractivity contribution is 7.92. The third-order valence-electron chi connectivity index (χ3n) is 4.39. The lowest BCUT2D eigenvalue weighted by atomic mass is 10.0. The molecule has 0 fully saturated rings. The summed E-state index contributed by atoms with van der Waals surface area (Å²) in [5.41, 5.74) is 6.15. The van der Waals surface area contributed by atoms with Crippen molar-refractivity contribution in [3.8, 4) is 6.07 Å². The number of rotatable bonds is 8. The Morgan fingerprint density at radius 1 is 1.07 bits per heavy atom. The van der Waals surface area contributed by atoms with Gasteiger partial charge in [0.1, 0.15) is 12.5 Å². The van der Waals surface area contributed by atoms with E-state index in [4.69, 9.17) is 11.0 Å². The lowest BCUT2D eigenvalue weighted by Crippen LogP contribution is -2.48. The highest BCUT2D eigenvalue weighted by atomic mass is 32.2. The summed E-state index contributed by atoms with van der Waals surface area (Å²) in [7, 11) is -3.98. The first-order chi connectivity index (χ1) is 13.3. The van der Waals surface area contributed by atoms with Crippen LogP contribution in [0.3, 0.4) is 0 Å². The Bertz CT molecular complexity index is 970. The molecule has 7 nitrogen and oxygen atoms in total. The normalized spacial score (nSPS) is 13.1. The molecule has 0 heterocycles. The van der Waals surface area contributed by atoms with Gasteiger partial charge < -0.3 is 10.6 Å². The second-order valence-corrected chi connectivity index (χ2v) is 8.59. The molecule has 0 aromatic heterocycles. The average molecular weight is 399 g/mol. The van der Waals surface area contributed by atoms with Crippen LogP contribution in [0.5, 0.6) is 0 Å². The van der Waals surface area contributed by atoms with Crippen molar-refractivity contribution in [1.29, 1.82) is 5.26 Å². The van der Waals surface area contributed by atoms with Crippen molar-refractivity contribution in [1.82, 2.24) is 4.90 Å².